The van der Waals surface area contributed by atoms with Crippen LogP contribution in [0.25, 0.3) is 0 Å². The minimum absolute atomic E-state index is 0.0199. The number of unbranched alkanes of at least 4 members (excludes halogenated alkanes) is 14. The van der Waals surface area contributed by atoms with Crippen molar-refractivity contribution in [2.24, 2.45) is 0 Å². The molecule has 0 N–H and O–H groups in total. The number of hydrogen-bond acceptors (Lipinski definition) is 3. The third kappa shape index (κ3) is 13.7. The summed E-state index contributed by atoms with van der Waals surface area (Å²) in [5, 5.41) is 0. The lowest BCUT2D eigenvalue weighted by Gasteiger charge is -2.36. The zero-order valence-corrected chi connectivity index (χ0v) is 30.9. The van der Waals surface area contributed by atoms with Crippen LogP contribution in [-0.2, 0) is 0 Å². The fourth-order valence-electron chi connectivity index (χ4n) is 6.22. The minimum atomic E-state index is -2.33. The van der Waals surface area contributed by atoms with Crippen LogP contribution in [0.15, 0.2) is 30.3 Å². The van der Waals surface area contributed by atoms with E-state index in [0.717, 1.165) is 32.1 Å². The predicted octanol–water partition coefficient (Wildman–Crippen LogP) is 12.5. The third-order valence-electron chi connectivity index (χ3n) is 9.11. The van der Waals surface area contributed by atoms with Crippen molar-refractivity contribution in [1.82, 2.24) is 0 Å². The fourth-order valence-corrected chi connectivity index (χ4v) is 6.22. The standard InChI is InChI=1S/C39H50BF9NO3/c1-5-6-7-8-9-10-11-12-13-14-15-16-17-18-19-20-33(50(2,3)4)35-34(25-32(45)38(48)39(35)49)53-40(51-26-21-28(41)36(46)29(42)22-26)52-27-23-30(43)37(47)31(44)24-27/h21-25,33H,5-20H2,1-4H3/q+1. The van der Waals surface area contributed by atoms with Gasteiger partial charge in [0, 0.05) is 36.8 Å². The molecule has 0 bridgehead atoms. The van der Waals surface area contributed by atoms with Crippen molar-refractivity contribution in [2.45, 2.75) is 116 Å². The van der Waals surface area contributed by atoms with E-state index in [1.54, 1.807) is 21.1 Å². The van der Waals surface area contributed by atoms with Gasteiger partial charge in [0.05, 0.1) is 26.7 Å². The summed E-state index contributed by atoms with van der Waals surface area (Å²) in [6.45, 7) is 2.21. The van der Waals surface area contributed by atoms with Crippen molar-refractivity contribution in [1.29, 1.82) is 0 Å². The molecule has 0 aliphatic heterocycles. The quantitative estimate of drug-likeness (QED) is 0.0299. The van der Waals surface area contributed by atoms with Crippen molar-refractivity contribution in [3.8, 4) is 17.2 Å². The molecule has 0 aliphatic carbocycles. The van der Waals surface area contributed by atoms with E-state index in [1.165, 1.54) is 57.8 Å². The monoisotopic (exact) mass is 762 g/mol. The molecule has 3 aromatic rings. The topological polar surface area (TPSA) is 27.7 Å². The number of benzene rings is 3. The Kier molecular flexibility index (Phi) is 17.7. The Morgan fingerprint density at radius 3 is 1.21 bits per heavy atom. The summed E-state index contributed by atoms with van der Waals surface area (Å²) in [7, 11) is 2.79. The van der Waals surface area contributed by atoms with E-state index in [4.69, 9.17) is 14.0 Å². The molecule has 0 radical (unpaired) electrons. The zero-order valence-electron chi connectivity index (χ0n) is 30.9. The van der Waals surface area contributed by atoms with E-state index >= 15 is 4.39 Å². The van der Waals surface area contributed by atoms with E-state index < -0.39 is 88.5 Å². The largest absolute Gasteiger partial charge is 0.864 e. The average Bonchev–Trinajstić information content (AvgIpc) is 3.08. The highest BCUT2D eigenvalue weighted by molar-refractivity contribution is 6.39. The van der Waals surface area contributed by atoms with E-state index in [0.29, 0.717) is 43.2 Å². The summed E-state index contributed by atoms with van der Waals surface area (Å²) >= 11 is 0. The normalized spacial score (nSPS) is 12.2. The summed E-state index contributed by atoms with van der Waals surface area (Å²) in [6, 6.07) is 1.23. The molecule has 4 nitrogen and oxygen atoms in total. The van der Waals surface area contributed by atoms with Gasteiger partial charge in [0.15, 0.2) is 52.4 Å². The molecule has 53 heavy (non-hydrogen) atoms. The Morgan fingerprint density at radius 1 is 0.472 bits per heavy atom. The van der Waals surface area contributed by atoms with Crippen LogP contribution < -0.4 is 14.0 Å². The van der Waals surface area contributed by atoms with E-state index in [1.807, 2.05) is 0 Å². The minimum Gasteiger partial charge on any atom is -0.489 e. The van der Waals surface area contributed by atoms with Crippen LogP contribution in [0.5, 0.6) is 17.2 Å². The van der Waals surface area contributed by atoms with Crippen LogP contribution in [-0.4, -0.2) is 32.9 Å². The maximum atomic E-state index is 15.7. The van der Waals surface area contributed by atoms with Crippen LogP contribution in [0.4, 0.5) is 39.5 Å². The van der Waals surface area contributed by atoms with Gasteiger partial charge in [-0.15, -0.1) is 0 Å². The first-order chi connectivity index (χ1) is 25.1. The highest BCUT2D eigenvalue weighted by Gasteiger charge is 2.39. The average molecular weight is 763 g/mol. The van der Waals surface area contributed by atoms with Crippen molar-refractivity contribution in [3.05, 3.63) is 88.3 Å². The maximum absolute atomic E-state index is 15.7. The van der Waals surface area contributed by atoms with Gasteiger partial charge in [-0.25, -0.2) is 39.5 Å². The molecular weight excluding hydrogens is 712 g/mol. The Hall–Kier alpha value is -3.55. The first kappa shape index (κ1) is 43.9. The van der Waals surface area contributed by atoms with E-state index in [9.17, 15) is 35.1 Å². The van der Waals surface area contributed by atoms with Gasteiger partial charge in [-0.2, -0.15) is 0 Å². The lowest BCUT2D eigenvalue weighted by molar-refractivity contribution is -0.902. The molecule has 3 rings (SSSR count). The summed E-state index contributed by atoms with van der Waals surface area (Å²) in [5.74, 6) is -17.6. The maximum Gasteiger partial charge on any atom is 0.864 e. The summed E-state index contributed by atoms with van der Waals surface area (Å²) in [6.07, 6.45) is 17.3. The van der Waals surface area contributed by atoms with Gasteiger partial charge in [-0.3, -0.25) is 0 Å². The van der Waals surface area contributed by atoms with Gasteiger partial charge < -0.3 is 18.4 Å². The molecule has 1 unspecified atom stereocenters. The Morgan fingerprint density at radius 2 is 0.830 bits per heavy atom. The molecule has 3 aromatic carbocycles. The molecule has 0 amide bonds. The number of nitrogens with zero attached hydrogens (tertiary/aromatic N) is 1. The molecule has 0 spiro atoms. The number of quaternary nitrogens is 1. The van der Waals surface area contributed by atoms with Crippen molar-refractivity contribution in [3.63, 3.8) is 0 Å². The zero-order chi connectivity index (χ0) is 39.1. The van der Waals surface area contributed by atoms with Gasteiger partial charge in [-0.1, -0.05) is 96.8 Å². The fraction of sp³-hybridized carbons (Fsp3) is 0.538. The second-order valence-corrected chi connectivity index (χ2v) is 14.3. The molecule has 0 fully saturated rings. The smallest absolute Gasteiger partial charge is 0.489 e. The lowest BCUT2D eigenvalue weighted by atomic mass is 9.95. The Bertz CT molecular complexity index is 1500. The SMILES string of the molecule is CCCCCCCCCCCCCCCCCC(c1c(OB(Oc2cc(F)c(F)c(F)c2)Oc2cc(F)c(F)c(F)c2)cc(F)c(F)c1F)[N+](C)(C)C. The molecule has 1 atom stereocenters. The number of halogens is 9. The van der Waals surface area contributed by atoms with Crippen molar-refractivity contribution in [2.75, 3.05) is 21.1 Å². The summed E-state index contributed by atoms with van der Waals surface area (Å²) in [4.78, 5) is 0. The number of hydrogen-bond donors (Lipinski definition) is 0. The highest BCUT2D eigenvalue weighted by atomic mass is 19.2. The van der Waals surface area contributed by atoms with Crippen LogP contribution in [0, 0.1) is 52.4 Å². The molecule has 0 saturated heterocycles. The van der Waals surface area contributed by atoms with Gasteiger partial charge in [0.25, 0.3) is 0 Å². The summed E-state index contributed by atoms with van der Waals surface area (Å²) in [5.41, 5.74) is -0.424. The van der Waals surface area contributed by atoms with Crippen molar-refractivity contribution < 1.29 is 58.0 Å². The molecule has 294 valence electrons. The third-order valence-corrected chi connectivity index (χ3v) is 9.11. The van der Waals surface area contributed by atoms with Gasteiger partial charge in [0.1, 0.15) is 23.3 Å². The van der Waals surface area contributed by atoms with Crippen LogP contribution in [0.1, 0.15) is 121 Å². The molecule has 0 aliphatic rings. The summed E-state index contributed by atoms with van der Waals surface area (Å²) < 4.78 is 145. The second-order valence-electron chi connectivity index (χ2n) is 14.3. The highest BCUT2D eigenvalue weighted by Crippen LogP contribution is 2.40. The first-order valence-corrected chi connectivity index (χ1v) is 18.4. The second kappa shape index (κ2) is 21.4. The van der Waals surface area contributed by atoms with Gasteiger partial charge in [-0.05, 0) is 6.42 Å². The van der Waals surface area contributed by atoms with E-state index in [-0.39, 0.29) is 4.48 Å². The molecule has 0 aromatic heterocycles. The Labute approximate surface area is 307 Å². The number of rotatable bonds is 24. The van der Waals surface area contributed by atoms with Crippen LogP contribution in [0.2, 0.25) is 0 Å². The lowest BCUT2D eigenvalue weighted by Crippen LogP contribution is -2.41. The van der Waals surface area contributed by atoms with Crippen molar-refractivity contribution >= 4 is 7.32 Å². The predicted molar refractivity (Wildman–Crippen MR) is 187 cm³/mol. The first-order valence-electron chi connectivity index (χ1n) is 18.4. The van der Waals surface area contributed by atoms with Gasteiger partial charge in [0.2, 0.25) is 0 Å². The van der Waals surface area contributed by atoms with Crippen LogP contribution in [0.3, 0.4) is 0 Å². The molecule has 0 saturated carbocycles. The Balaban J connectivity index is 1.74. The van der Waals surface area contributed by atoms with Gasteiger partial charge >= 0.3 is 7.32 Å². The van der Waals surface area contributed by atoms with Crippen LogP contribution >= 0.6 is 0 Å². The molecule has 14 heteroatoms. The van der Waals surface area contributed by atoms with E-state index in [2.05, 4.69) is 6.92 Å². The molecule has 0 heterocycles. The molecular formula is C39H50BF9NO3+.